The van der Waals surface area contributed by atoms with Crippen molar-refractivity contribution >= 4 is 17.6 Å². The highest BCUT2D eigenvalue weighted by Gasteiger charge is 2.55. The summed E-state index contributed by atoms with van der Waals surface area (Å²) in [6.07, 6.45) is 4.89. The summed E-state index contributed by atoms with van der Waals surface area (Å²) in [6.45, 7) is 1.96. The van der Waals surface area contributed by atoms with Crippen LogP contribution < -0.4 is 15.0 Å². The first kappa shape index (κ1) is 21.8. The van der Waals surface area contributed by atoms with Crippen LogP contribution in [0.1, 0.15) is 37.7 Å². The van der Waals surface area contributed by atoms with Gasteiger partial charge in [0.25, 0.3) is 0 Å². The maximum absolute atomic E-state index is 14.1. The lowest BCUT2D eigenvalue weighted by Gasteiger charge is -2.34. The number of nitrogens with one attached hydrogen (secondary N) is 1. The van der Waals surface area contributed by atoms with Gasteiger partial charge in [-0.15, -0.1) is 0 Å². The first-order valence-corrected chi connectivity index (χ1v) is 11.5. The molecule has 3 aliphatic rings. The highest BCUT2D eigenvalue weighted by atomic mass is 19.1. The molecule has 5 rings (SSSR count). The molecule has 1 atom stereocenters. The molecule has 3 fully saturated rings. The Morgan fingerprint density at radius 2 is 1.82 bits per heavy atom. The van der Waals surface area contributed by atoms with Gasteiger partial charge >= 0.3 is 6.03 Å². The van der Waals surface area contributed by atoms with Crippen LogP contribution in [0.3, 0.4) is 0 Å². The fourth-order valence-electron chi connectivity index (χ4n) is 5.35. The molecule has 0 aromatic heterocycles. The van der Waals surface area contributed by atoms with E-state index in [4.69, 9.17) is 9.73 Å². The molecule has 2 aromatic rings. The molecule has 2 aromatic carbocycles. The number of ether oxygens (including phenoxy) is 1. The second kappa shape index (κ2) is 8.74. The van der Waals surface area contributed by atoms with Crippen LogP contribution in [-0.2, 0) is 6.54 Å². The number of carbonyl (C=O) groups is 1. The number of nitrogens with zero attached hydrogens (tertiary/aromatic N) is 3. The van der Waals surface area contributed by atoms with Crippen LogP contribution in [0, 0.1) is 11.6 Å². The number of carbonyl (C=O) groups excluding carboxylic acids is 1. The molecule has 2 amide bonds. The predicted octanol–water partition coefficient (Wildman–Crippen LogP) is 4.49. The molecule has 0 bridgehead atoms. The van der Waals surface area contributed by atoms with Crippen molar-refractivity contribution in [1.29, 1.82) is 0 Å². The molecule has 174 valence electrons. The van der Waals surface area contributed by atoms with E-state index in [2.05, 4.69) is 10.2 Å². The van der Waals surface area contributed by atoms with E-state index in [1.807, 2.05) is 24.3 Å². The molecule has 2 aliphatic heterocycles. The number of rotatable bonds is 5. The Hall–Kier alpha value is -3.00. The van der Waals surface area contributed by atoms with Crippen molar-refractivity contribution in [1.82, 2.24) is 10.2 Å². The first-order chi connectivity index (χ1) is 16.0. The predicted molar refractivity (Wildman–Crippen MR) is 123 cm³/mol. The third kappa shape index (κ3) is 4.19. The number of likely N-dealkylation sites (tertiary alicyclic amines) is 1. The average Bonchev–Trinajstić information content (AvgIpc) is 3.49. The molecule has 2 saturated heterocycles. The van der Waals surface area contributed by atoms with E-state index in [0.717, 1.165) is 49.6 Å². The number of urea groups is 1. The zero-order valence-corrected chi connectivity index (χ0v) is 18.7. The summed E-state index contributed by atoms with van der Waals surface area (Å²) >= 11 is 0. The molecule has 0 radical (unpaired) electrons. The Balaban J connectivity index is 1.48. The lowest BCUT2D eigenvalue weighted by molar-refractivity contribution is 0.250. The molecule has 1 saturated carbocycles. The van der Waals surface area contributed by atoms with Crippen LogP contribution in [0.5, 0.6) is 5.75 Å². The van der Waals surface area contributed by atoms with Gasteiger partial charge in [-0.3, -0.25) is 20.1 Å². The van der Waals surface area contributed by atoms with E-state index < -0.39 is 17.2 Å². The largest absolute Gasteiger partial charge is 0.497 e. The monoisotopic (exact) mass is 454 g/mol. The first-order valence-electron chi connectivity index (χ1n) is 11.5. The van der Waals surface area contributed by atoms with E-state index in [1.165, 1.54) is 17.0 Å². The molecular formula is C25H28F2N4O2. The Bertz CT molecular complexity index is 1050. The lowest BCUT2D eigenvalue weighted by atomic mass is 9.95. The summed E-state index contributed by atoms with van der Waals surface area (Å²) in [7, 11) is 1.64. The second-order valence-corrected chi connectivity index (χ2v) is 9.15. The van der Waals surface area contributed by atoms with Crippen molar-refractivity contribution in [2.45, 2.75) is 50.2 Å². The molecular weight excluding hydrogens is 426 g/mol. The van der Waals surface area contributed by atoms with E-state index >= 15 is 0 Å². The van der Waals surface area contributed by atoms with Crippen LogP contribution in [0.15, 0.2) is 47.5 Å². The van der Waals surface area contributed by atoms with Gasteiger partial charge in [0.05, 0.1) is 18.8 Å². The van der Waals surface area contributed by atoms with Crippen molar-refractivity contribution in [3.63, 3.8) is 0 Å². The van der Waals surface area contributed by atoms with Gasteiger partial charge in [-0.2, -0.15) is 0 Å². The lowest BCUT2D eigenvalue weighted by Crippen LogP contribution is -2.52. The summed E-state index contributed by atoms with van der Waals surface area (Å²) in [5.74, 6) is 0.0123. The van der Waals surface area contributed by atoms with Gasteiger partial charge in [-0.25, -0.2) is 13.6 Å². The summed E-state index contributed by atoms with van der Waals surface area (Å²) in [5, 5.41) is 2.95. The van der Waals surface area contributed by atoms with E-state index in [0.29, 0.717) is 25.3 Å². The molecule has 1 spiro atoms. The van der Waals surface area contributed by atoms with Crippen molar-refractivity contribution in [3.05, 3.63) is 59.7 Å². The topological polar surface area (TPSA) is 57.2 Å². The number of benzene rings is 2. The molecule has 6 nitrogen and oxygen atoms in total. The zero-order valence-electron chi connectivity index (χ0n) is 18.7. The number of halogens is 2. The minimum Gasteiger partial charge on any atom is -0.497 e. The van der Waals surface area contributed by atoms with E-state index in [9.17, 15) is 13.6 Å². The van der Waals surface area contributed by atoms with Gasteiger partial charge in [0.2, 0.25) is 0 Å². The van der Waals surface area contributed by atoms with Crippen molar-refractivity contribution in [3.8, 4) is 5.75 Å². The van der Waals surface area contributed by atoms with Crippen molar-refractivity contribution < 1.29 is 18.3 Å². The maximum Gasteiger partial charge on any atom is 0.328 e. The molecule has 1 N–H and O–H groups in total. The third-order valence-electron chi connectivity index (χ3n) is 6.93. The normalized spacial score (nSPS) is 24.9. The minimum atomic E-state index is -0.771. The highest BCUT2D eigenvalue weighted by Crippen LogP contribution is 2.39. The molecule has 1 unspecified atom stereocenters. The van der Waals surface area contributed by atoms with Gasteiger partial charge in [-0.05, 0) is 49.1 Å². The Morgan fingerprint density at radius 1 is 1.12 bits per heavy atom. The third-order valence-corrected chi connectivity index (χ3v) is 6.93. The number of hydrogen-bond acceptors (Lipinski definition) is 4. The van der Waals surface area contributed by atoms with Gasteiger partial charge in [-0.1, -0.05) is 25.0 Å². The summed E-state index contributed by atoms with van der Waals surface area (Å²) in [5.41, 5.74) is 0.572. The minimum absolute atomic E-state index is 0.178. The fourth-order valence-corrected chi connectivity index (χ4v) is 5.35. The average molecular weight is 455 g/mol. The summed E-state index contributed by atoms with van der Waals surface area (Å²) in [4.78, 5) is 21.9. The van der Waals surface area contributed by atoms with Crippen molar-refractivity contribution in [2.75, 3.05) is 25.1 Å². The quantitative estimate of drug-likeness (QED) is 0.724. The molecule has 2 heterocycles. The van der Waals surface area contributed by atoms with Crippen LogP contribution in [0.2, 0.25) is 0 Å². The number of hydrogen-bond donors (Lipinski definition) is 1. The number of anilines is 1. The van der Waals surface area contributed by atoms with Crippen LogP contribution in [0.25, 0.3) is 0 Å². The van der Waals surface area contributed by atoms with Crippen molar-refractivity contribution in [2.24, 2.45) is 4.99 Å². The number of amidine groups is 1. The number of methoxy groups -OCH3 is 1. The smallest absolute Gasteiger partial charge is 0.328 e. The van der Waals surface area contributed by atoms with Crippen LogP contribution >= 0.6 is 0 Å². The van der Waals surface area contributed by atoms with E-state index in [1.54, 1.807) is 7.11 Å². The summed E-state index contributed by atoms with van der Waals surface area (Å²) in [6, 6.07) is 10.9. The van der Waals surface area contributed by atoms with E-state index in [-0.39, 0.29) is 17.8 Å². The highest BCUT2D eigenvalue weighted by molar-refractivity contribution is 6.19. The van der Waals surface area contributed by atoms with Gasteiger partial charge in [0.1, 0.15) is 28.8 Å². The van der Waals surface area contributed by atoms with Crippen LogP contribution in [-0.4, -0.2) is 48.5 Å². The molecule has 1 aliphatic carbocycles. The SMILES string of the molecule is COc1ccc(CN2CCC3(C2)C(=NC2CCCC2)NC(=O)N3c2cc(F)cc(F)c2)cc1. The Labute approximate surface area is 192 Å². The van der Waals surface area contributed by atoms with Gasteiger partial charge < -0.3 is 4.74 Å². The number of aliphatic imine (C=N–C) groups is 1. The maximum atomic E-state index is 14.1. The van der Waals surface area contributed by atoms with Gasteiger partial charge in [0.15, 0.2) is 0 Å². The second-order valence-electron chi connectivity index (χ2n) is 9.15. The zero-order chi connectivity index (χ0) is 23.0. The standard InChI is InChI=1S/C25H28F2N4O2/c1-33-22-8-6-17(7-9-22)15-30-11-10-25(16-30)23(28-20-4-2-3-5-20)29-24(32)31(25)21-13-18(26)12-19(27)14-21/h6-9,12-14,20H,2-5,10-11,15-16H2,1H3,(H,28,29,32). The molecule has 33 heavy (non-hydrogen) atoms. The van der Waals surface area contributed by atoms with Crippen LogP contribution in [0.4, 0.5) is 19.3 Å². The number of amides is 2. The Morgan fingerprint density at radius 3 is 2.48 bits per heavy atom. The Kier molecular flexibility index (Phi) is 5.78. The van der Waals surface area contributed by atoms with Gasteiger partial charge in [0, 0.05) is 25.7 Å². The molecule has 8 heteroatoms. The summed E-state index contributed by atoms with van der Waals surface area (Å²) < 4.78 is 33.4. The fraction of sp³-hybridized carbons (Fsp3) is 0.440.